The second-order valence-corrected chi connectivity index (χ2v) is 5.40. The molecule has 0 bridgehead atoms. The fourth-order valence-corrected chi connectivity index (χ4v) is 2.05. The lowest BCUT2D eigenvalue weighted by Gasteiger charge is -2.26. The van der Waals surface area contributed by atoms with Crippen LogP contribution in [0.25, 0.3) is 0 Å². The first-order valence-electron chi connectivity index (χ1n) is 6.54. The number of hydrogen-bond donors (Lipinski definition) is 2. The Bertz CT molecular complexity index is 417. The van der Waals surface area contributed by atoms with Gasteiger partial charge in [-0.1, -0.05) is 0 Å². The Labute approximate surface area is 116 Å². The first kappa shape index (κ1) is 15.8. The van der Waals surface area contributed by atoms with Gasteiger partial charge in [-0.25, -0.2) is 0 Å². The molecule has 0 aromatic heterocycles. The minimum absolute atomic E-state index is 0.0500. The average Bonchev–Trinajstić information content (AvgIpc) is 2.36. The molecule has 0 heterocycles. The molecule has 0 saturated carbocycles. The number of ether oxygens (including phenoxy) is 2. The molecule has 4 nitrogen and oxygen atoms in total. The SMILES string of the molecule is CNCC(C)(C)NCc1cc(OC)c(OC)cc1C. The average molecular weight is 266 g/mol. The number of hydrogen-bond acceptors (Lipinski definition) is 4. The van der Waals surface area contributed by atoms with Gasteiger partial charge in [-0.2, -0.15) is 0 Å². The maximum atomic E-state index is 5.35. The van der Waals surface area contributed by atoms with Crippen molar-refractivity contribution >= 4 is 0 Å². The van der Waals surface area contributed by atoms with Crippen LogP contribution in [0.3, 0.4) is 0 Å². The molecular weight excluding hydrogens is 240 g/mol. The zero-order chi connectivity index (χ0) is 14.5. The Morgan fingerprint density at radius 3 is 2.21 bits per heavy atom. The third-order valence-electron chi connectivity index (χ3n) is 3.22. The topological polar surface area (TPSA) is 42.5 Å². The number of likely N-dealkylation sites (N-methyl/N-ethyl adjacent to an activating group) is 1. The number of nitrogens with one attached hydrogen (secondary N) is 2. The molecule has 2 N–H and O–H groups in total. The highest BCUT2D eigenvalue weighted by Crippen LogP contribution is 2.30. The van der Waals surface area contributed by atoms with Gasteiger partial charge in [0.1, 0.15) is 0 Å². The maximum Gasteiger partial charge on any atom is 0.161 e. The van der Waals surface area contributed by atoms with Crippen molar-refractivity contribution in [3.8, 4) is 11.5 Å². The van der Waals surface area contributed by atoms with Crippen molar-refractivity contribution in [2.24, 2.45) is 0 Å². The maximum absolute atomic E-state index is 5.35. The van der Waals surface area contributed by atoms with Gasteiger partial charge in [0.05, 0.1) is 14.2 Å². The van der Waals surface area contributed by atoms with Crippen LogP contribution in [-0.2, 0) is 6.54 Å². The zero-order valence-electron chi connectivity index (χ0n) is 12.9. The predicted octanol–water partition coefficient (Wildman–Crippen LogP) is 2.10. The molecule has 0 fully saturated rings. The van der Waals surface area contributed by atoms with Crippen LogP contribution in [0.5, 0.6) is 11.5 Å². The Balaban J connectivity index is 2.84. The highest BCUT2D eigenvalue weighted by atomic mass is 16.5. The molecule has 0 aliphatic heterocycles. The fraction of sp³-hybridized carbons (Fsp3) is 0.600. The van der Waals surface area contributed by atoms with Gasteiger partial charge >= 0.3 is 0 Å². The minimum Gasteiger partial charge on any atom is -0.493 e. The van der Waals surface area contributed by atoms with E-state index in [4.69, 9.17) is 9.47 Å². The number of rotatable bonds is 7. The molecule has 4 heteroatoms. The molecule has 0 spiro atoms. The van der Waals surface area contributed by atoms with Crippen molar-refractivity contribution < 1.29 is 9.47 Å². The van der Waals surface area contributed by atoms with Crippen LogP contribution in [0.15, 0.2) is 12.1 Å². The Morgan fingerprint density at radius 1 is 1.11 bits per heavy atom. The van der Waals surface area contributed by atoms with E-state index >= 15 is 0 Å². The van der Waals surface area contributed by atoms with E-state index in [2.05, 4.69) is 31.4 Å². The Kier molecular flexibility index (Phi) is 5.63. The van der Waals surface area contributed by atoms with Crippen molar-refractivity contribution in [2.45, 2.75) is 32.9 Å². The Hall–Kier alpha value is -1.26. The van der Waals surface area contributed by atoms with E-state index in [0.717, 1.165) is 24.6 Å². The highest BCUT2D eigenvalue weighted by molar-refractivity contribution is 5.47. The smallest absolute Gasteiger partial charge is 0.161 e. The summed E-state index contributed by atoms with van der Waals surface area (Å²) in [4.78, 5) is 0. The lowest BCUT2D eigenvalue weighted by atomic mass is 10.0. The summed E-state index contributed by atoms with van der Waals surface area (Å²) in [5.74, 6) is 1.55. The molecule has 0 aliphatic carbocycles. The summed E-state index contributed by atoms with van der Waals surface area (Å²) in [5, 5.41) is 6.74. The molecular formula is C15H26N2O2. The predicted molar refractivity (Wildman–Crippen MR) is 79.1 cm³/mol. The Morgan fingerprint density at radius 2 is 1.68 bits per heavy atom. The molecule has 1 aromatic carbocycles. The molecule has 108 valence electrons. The summed E-state index contributed by atoms with van der Waals surface area (Å²) in [6.45, 7) is 8.17. The molecule has 0 saturated heterocycles. The molecule has 0 radical (unpaired) electrons. The van der Waals surface area contributed by atoms with Gasteiger partial charge in [0.15, 0.2) is 11.5 Å². The van der Waals surface area contributed by atoms with Crippen LogP contribution in [0.1, 0.15) is 25.0 Å². The van der Waals surface area contributed by atoms with Gasteiger partial charge in [-0.15, -0.1) is 0 Å². The van der Waals surface area contributed by atoms with Gasteiger partial charge in [-0.05, 0) is 51.1 Å². The van der Waals surface area contributed by atoms with Gasteiger partial charge in [0.2, 0.25) is 0 Å². The van der Waals surface area contributed by atoms with Crippen molar-refractivity contribution in [2.75, 3.05) is 27.8 Å². The quantitative estimate of drug-likeness (QED) is 0.793. The normalized spacial score (nSPS) is 11.5. The van der Waals surface area contributed by atoms with Crippen LogP contribution in [0.4, 0.5) is 0 Å². The molecule has 0 unspecified atom stereocenters. The zero-order valence-corrected chi connectivity index (χ0v) is 12.9. The monoisotopic (exact) mass is 266 g/mol. The molecule has 19 heavy (non-hydrogen) atoms. The fourth-order valence-electron chi connectivity index (χ4n) is 2.05. The van der Waals surface area contributed by atoms with E-state index < -0.39 is 0 Å². The lowest BCUT2D eigenvalue weighted by molar-refractivity contribution is 0.352. The largest absolute Gasteiger partial charge is 0.493 e. The van der Waals surface area contributed by atoms with Crippen LogP contribution in [-0.4, -0.2) is 33.4 Å². The van der Waals surface area contributed by atoms with Crippen LogP contribution < -0.4 is 20.1 Å². The van der Waals surface area contributed by atoms with Crippen molar-refractivity contribution in [1.29, 1.82) is 0 Å². The third-order valence-corrected chi connectivity index (χ3v) is 3.22. The van der Waals surface area contributed by atoms with Gasteiger partial charge in [-0.3, -0.25) is 0 Å². The highest BCUT2D eigenvalue weighted by Gasteiger charge is 2.16. The van der Waals surface area contributed by atoms with Gasteiger partial charge in [0.25, 0.3) is 0 Å². The van der Waals surface area contributed by atoms with E-state index in [-0.39, 0.29) is 5.54 Å². The second-order valence-electron chi connectivity index (χ2n) is 5.40. The summed E-state index contributed by atoms with van der Waals surface area (Å²) < 4.78 is 10.6. The minimum atomic E-state index is 0.0500. The van der Waals surface area contributed by atoms with Crippen LogP contribution in [0, 0.1) is 6.92 Å². The van der Waals surface area contributed by atoms with Gasteiger partial charge < -0.3 is 20.1 Å². The summed E-state index contributed by atoms with van der Waals surface area (Å²) in [6, 6.07) is 4.05. The third kappa shape index (κ3) is 4.40. The summed E-state index contributed by atoms with van der Waals surface area (Å²) in [5.41, 5.74) is 2.47. The summed E-state index contributed by atoms with van der Waals surface area (Å²) in [7, 11) is 5.28. The van der Waals surface area contributed by atoms with E-state index in [1.807, 2.05) is 19.2 Å². The molecule has 1 rings (SSSR count). The molecule has 0 aliphatic rings. The molecule has 1 aromatic rings. The van der Waals surface area contributed by atoms with E-state index in [1.165, 1.54) is 11.1 Å². The summed E-state index contributed by atoms with van der Waals surface area (Å²) in [6.07, 6.45) is 0. The van der Waals surface area contributed by atoms with Gasteiger partial charge in [0, 0.05) is 18.6 Å². The van der Waals surface area contributed by atoms with Crippen molar-refractivity contribution in [3.63, 3.8) is 0 Å². The second kappa shape index (κ2) is 6.78. The van der Waals surface area contributed by atoms with E-state index in [9.17, 15) is 0 Å². The van der Waals surface area contributed by atoms with E-state index in [1.54, 1.807) is 14.2 Å². The molecule has 0 amide bonds. The first-order valence-corrected chi connectivity index (χ1v) is 6.54. The van der Waals surface area contributed by atoms with Crippen LogP contribution >= 0.6 is 0 Å². The standard InChI is InChI=1S/C15H26N2O2/c1-11-7-13(18-5)14(19-6)8-12(11)9-17-15(2,3)10-16-4/h7-8,16-17H,9-10H2,1-6H3. The first-order chi connectivity index (χ1) is 8.93. The summed E-state index contributed by atoms with van der Waals surface area (Å²) >= 11 is 0. The number of benzene rings is 1. The van der Waals surface area contributed by atoms with Crippen molar-refractivity contribution in [1.82, 2.24) is 10.6 Å². The van der Waals surface area contributed by atoms with Crippen LogP contribution in [0.2, 0.25) is 0 Å². The molecule has 0 atom stereocenters. The number of methoxy groups -OCH3 is 2. The van der Waals surface area contributed by atoms with E-state index in [0.29, 0.717) is 0 Å². The van der Waals surface area contributed by atoms with Crippen molar-refractivity contribution in [3.05, 3.63) is 23.3 Å². The number of aryl methyl sites for hydroxylation is 1. The lowest BCUT2D eigenvalue weighted by Crippen LogP contribution is -2.46.